The first kappa shape index (κ1) is 20.8. The van der Waals surface area contributed by atoms with Crippen LogP contribution in [0.1, 0.15) is 59.5 Å². The van der Waals surface area contributed by atoms with E-state index < -0.39 is 15.9 Å². The van der Waals surface area contributed by atoms with Gasteiger partial charge in [0.1, 0.15) is 0 Å². The van der Waals surface area contributed by atoms with E-state index in [4.69, 9.17) is 11.6 Å². The zero-order chi connectivity index (χ0) is 20.4. The van der Waals surface area contributed by atoms with Crippen molar-refractivity contribution in [2.75, 3.05) is 18.4 Å². The van der Waals surface area contributed by atoms with Crippen molar-refractivity contribution < 1.29 is 13.2 Å². The maximum Gasteiger partial charge on any atom is 0.259 e. The molecule has 0 saturated carbocycles. The summed E-state index contributed by atoms with van der Waals surface area (Å²) in [5.74, 6) is -0.435. The van der Waals surface area contributed by atoms with E-state index in [-0.39, 0.29) is 15.5 Å². The molecule has 9 heteroatoms. The lowest BCUT2D eigenvalue weighted by Crippen LogP contribution is -2.28. The second-order valence-corrected chi connectivity index (χ2v) is 10.9. The van der Waals surface area contributed by atoms with Gasteiger partial charge in [-0.3, -0.25) is 10.1 Å². The summed E-state index contributed by atoms with van der Waals surface area (Å²) in [5, 5.41) is 3.59. The van der Waals surface area contributed by atoms with Gasteiger partial charge in [0.2, 0.25) is 10.0 Å². The summed E-state index contributed by atoms with van der Waals surface area (Å²) < 4.78 is 27.1. The number of halogens is 1. The number of amides is 1. The molecule has 1 fully saturated rings. The predicted octanol–water partition coefficient (Wildman–Crippen LogP) is 4.49. The normalized spacial score (nSPS) is 18.1. The molecule has 0 unspecified atom stereocenters. The number of aryl methyl sites for hydroxylation is 2. The van der Waals surface area contributed by atoms with Crippen LogP contribution in [0.5, 0.6) is 0 Å². The predicted molar refractivity (Wildman–Crippen MR) is 115 cm³/mol. The van der Waals surface area contributed by atoms with E-state index in [2.05, 4.69) is 10.3 Å². The molecule has 0 atom stereocenters. The molecule has 2 heterocycles. The molecule has 2 aromatic rings. The average molecular weight is 454 g/mol. The Morgan fingerprint density at radius 3 is 2.55 bits per heavy atom. The molecule has 4 rings (SSSR count). The van der Waals surface area contributed by atoms with Crippen molar-refractivity contribution in [3.8, 4) is 0 Å². The average Bonchev–Trinajstić information content (AvgIpc) is 3.33. The zero-order valence-electron chi connectivity index (χ0n) is 16.1. The topological polar surface area (TPSA) is 79.4 Å². The van der Waals surface area contributed by atoms with Crippen molar-refractivity contribution in [1.82, 2.24) is 9.29 Å². The lowest BCUT2D eigenvalue weighted by atomic mass is 10.0. The van der Waals surface area contributed by atoms with Gasteiger partial charge < -0.3 is 0 Å². The number of sulfonamides is 1. The van der Waals surface area contributed by atoms with Crippen molar-refractivity contribution >= 4 is 44.0 Å². The number of thiazole rings is 1. The van der Waals surface area contributed by atoms with Crippen LogP contribution in [0.2, 0.25) is 5.02 Å². The van der Waals surface area contributed by atoms with E-state index in [0.29, 0.717) is 18.2 Å². The Labute approximate surface area is 180 Å². The van der Waals surface area contributed by atoms with Gasteiger partial charge in [0.05, 0.1) is 21.2 Å². The molecule has 6 nitrogen and oxygen atoms in total. The summed E-state index contributed by atoms with van der Waals surface area (Å²) in [6, 6.07) is 4.30. The van der Waals surface area contributed by atoms with Crippen molar-refractivity contribution in [2.45, 2.75) is 56.3 Å². The molecule has 29 heavy (non-hydrogen) atoms. The molecule has 1 aliphatic heterocycles. The van der Waals surface area contributed by atoms with Gasteiger partial charge in [-0.15, -0.1) is 11.3 Å². The Morgan fingerprint density at radius 2 is 1.79 bits per heavy atom. The van der Waals surface area contributed by atoms with Crippen LogP contribution in [0, 0.1) is 0 Å². The highest BCUT2D eigenvalue weighted by Crippen LogP contribution is 2.30. The van der Waals surface area contributed by atoms with Crippen LogP contribution in [-0.2, 0) is 22.9 Å². The second-order valence-electron chi connectivity index (χ2n) is 7.51. The Kier molecular flexibility index (Phi) is 6.24. The van der Waals surface area contributed by atoms with Crippen LogP contribution in [0.25, 0.3) is 0 Å². The summed E-state index contributed by atoms with van der Waals surface area (Å²) in [5.41, 5.74) is 1.22. The molecule has 1 N–H and O–H groups in total. The highest BCUT2D eigenvalue weighted by Gasteiger charge is 2.28. The third kappa shape index (κ3) is 4.50. The number of nitrogens with zero attached hydrogens (tertiary/aromatic N) is 2. The number of hydrogen-bond donors (Lipinski definition) is 1. The number of carbonyl (C=O) groups is 1. The summed E-state index contributed by atoms with van der Waals surface area (Å²) in [7, 11) is -3.61. The number of nitrogens with one attached hydrogen (secondary N) is 1. The highest BCUT2D eigenvalue weighted by molar-refractivity contribution is 7.89. The molecule has 1 aromatic carbocycles. The first-order valence-corrected chi connectivity index (χ1v) is 12.7. The minimum atomic E-state index is -3.61. The number of rotatable bonds is 4. The number of benzene rings is 1. The summed E-state index contributed by atoms with van der Waals surface area (Å²) >= 11 is 7.73. The van der Waals surface area contributed by atoms with E-state index in [0.717, 1.165) is 44.2 Å². The van der Waals surface area contributed by atoms with Gasteiger partial charge in [0.15, 0.2) is 5.13 Å². The number of carbonyl (C=O) groups excluding carboxylic acids is 1. The van der Waals surface area contributed by atoms with E-state index in [1.54, 1.807) is 0 Å². The Morgan fingerprint density at radius 1 is 1.07 bits per heavy atom. The zero-order valence-corrected chi connectivity index (χ0v) is 18.5. The monoisotopic (exact) mass is 453 g/mol. The Hall–Kier alpha value is -1.48. The van der Waals surface area contributed by atoms with E-state index >= 15 is 0 Å². The van der Waals surface area contributed by atoms with Gasteiger partial charge in [-0.05, 0) is 56.7 Å². The maximum atomic E-state index is 12.8. The molecule has 1 aliphatic carbocycles. The van der Waals surface area contributed by atoms with E-state index in [9.17, 15) is 13.2 Å². The number of hydrogen-bond acceptors (Lipinski definition) is 5. The van der Waals surface area contributed by atoms with Gasteiger partial charge in [0, 0.05) is 18.0 Å². The summed E-state index contributed by atoms with van der Waals surface area (Å²) in [6.07, 6.45) is 8.35. The van der Waals surface area contributed by atoms with Crippen molar-refractivity contribution in [1.29, 1.82) is 0 Å². The van der Waals surface area contributed by atoms with Crippen LogP contribution in [-0.4, -0.2) is 36.7 Å². The Bertz CT molecular complexity index is 988. The second kappa shape index (κ2) is 8.71. The fourth-order valence-electron chi connectivity index (χ4n) is 3.84. The third-order valence-corrected chi connectivity index (χ3v) is 8.75. The molecule has 156 valence electrons. The first-order valence-electron chi connectivity index (χ1n) is 10.0. The maximum absolute atomic E-state index is 12.8. The summed E-state index contributed by atoms with van der Waals surface area (Å²) in [4.78, 5) is 18.8. The standard InChI is InChI=1S/C20H24ClN3O3S2/c21-16-10-9-14(29(26,27)24-11-5-6-12-24)13-15(16)19(25)23-20-22-17-7-3-1-2-4-8-18(17)28-20/h9-10,13H,1-8,11-12H2,(H,22,23,25). The molecule has 1 aromatic heterocycles. The molecular weight excluding hydrogens is 430 g/mol. The minimum Gasteiger partial charge on any atom is -0.298 e. The Balaban J connectivity index is 1.56. The molecule has 0 spiro atoms. The van der Waals surface area contributed by atoms with Crippen LogP contribution in [0.4, 0.5) is 5.13 Å². The fraction of sp³-hybridized carbons (Fsp3) is 0.500. The molecule has 1 saturated heterocycles. The molecule has 2 aliphatic rings. The SMILES string of the molecule is O=C(Nc1nc2c(s1)CCCCCC2)c1cc(S(=O)(=O)N2CCCC2)ccc1Cl. The van der Waals surface area contributed by atoms with Crippen LogP contribution in [0.15, 0.2) is 23.1 Å². The van der Waals surface area contributed by atoms with Crippen LogP contribution in [0.3, 0.4) is 0 Å². The van der Waals surface area contributed by atoms with E-state index in [1.165, 1.54) is 51.6 Å². The van der Waals surface area contributed by atoms with Gasteiger partial charge in [-0.25, -0.2) is 13.4 Å². The quantitative estimate of drug-likeness (QED) is 0.739. The smallest absolute Gasteiger partial charge is 0.259 e. The molecule has 0 bridgehead atoms. The molecular formula is C20H24ClN3O3S2. The van der Waals surface area contributed by atoms with Crippen molar-refractivity contribution in [3.05, 3.63) is 39.4 Å². The lowest BCUT2D eigenvalue weighted by molar-refractivity contribution is 0.102. The minimum absolute atomic E-state index is 0.0976. The van der Waals surface area contributed by atoms with Gasteiger partial charge in [-0.2, -0.15) is 4.31 Å². The van der Waals surface area contributed by atoms with Gasteiger partial charge in [0.25, 0.3) is 5.91 Å². The summed E-state index contributed by atoms with van der Waals surface area (Å²) in [6.45, 7) is 1.02. The fourth-order valence-corrected chi connectivity index (χ4v) is 6.63. The van der Waals surface area contributed by atoms with Crippen LogP contribution < -0.4 is 5.32 Å². The largest absolute Gasteiger partial charge is 0.298 e. The number of anilines is 1. The lowest BCUT2D eigenvalue weighted by Gasteiger charge is -2.16. The van der Waals surface area contributed by atoms with Gasteiger partial charge >= 0.3 is 0 Å². The van der Waals surface area contributed by atoms with Crippen molar-refractivity contribution in [3.63, 3.8) is 0 Å². The third-order valence-electron chi connectivity index (χ3n) is 5.45. The van der Waals surface area contributed by atoms with Gasteiger partial charge in [-0.1, -0.05) is 24.4 Å². The number of aromatic nitrogens is 1. The van der Waals surface area contributed by atoms with E-state index in [1.807, 2.05) is 0 Å². The first-order chi connectivity index (χ1) is 13.9. The molecule has 1 amide bonds. The molecule has 0 radical (unpaired) electrons. The van der Waals surface area contributed by atoms with Crippen LogP contribution >= 0.6 is 22.9 Å². The highest BCUT2D eigenvalue weighted by atomic mass is 35.5. The van der Waals surface area contributed by atoms with Crippen molar-refractivity contribution in [2.24, 2.45) is 0 Å². The number of fused-ring (bicyclic) bond motifs is 1.